The summed E-state index contributed by atoms with van der Waals surface area (Å²) < 4.78 is 30.2. The lowest BCUT2D eigenvalue weighted by Gasteiger charge is -2.25. The molecule has 0 unspecified atom stereocenters. The molecular formula is C11H23N3O4S. The smallest absolute Gasteiger partial charge is 0.314 e. The summed E-state index contributed by atoms with van der Waals surface area (Å²) in [5.41, 5.74) is 0. The molecule has 1 saturated heterocycles. The molecule has 0 aromatic carbocycles. The van der Waals surface area contributed by atoms with Gasteiger partial charge in [-0.2, -0.15) is 0 Å². The van der Waals surface area contributed by atoms with Crippen LogP contribution < -0.4 is 10.6 Å². The third kappa shape index (κ3) is 6.22. The summed E-state index contributed by atoms with van der Waals surface area (Å²) >= 11 is 0. The minimum Gasteiger partial charge on any atom is -0.383 e. The van der Waals surface area contributed by atoms with Crippen LogP contribution in [0.25, 0.3) is 0 Å². The summed E-state index contributed by atoms with van der Waals surface area (Å²) in [7, 11) is -1.69. The standard InChI is InChI=1S/C11H23N3O4S/c1-18-9-5-12-11(15)13-6-10-19(16,17)14-7-3-2-4-8-14/h2-10H2,1H3,(H2,12,13,15). The van der Waals surface area contributed by atoms with Crippen molar-refractivity contribution in [3.05, 3.63) is 0 Å². The summed E-state index contributed by atoms with van der Waals surface area (Å²) in [6.45, 7) is 2.16. The highest BCUT2D eigenvalue weighted by Crippen LogP contribution is 2.12. The number of rotatable bonds is 7. The number of amides is 2. The number of nitrogens with one attached hydrogen (secondary N) is 2. The van der Waals surface area contributed by atoms with Crippen molar-refractivity contribution in [3.8, 4) is 0 Å². The first-order valence-corrected chi connectivity index (χ1v) is 8.15. The summed E-state index contributed by atoms with van der Waals surface area (Å²) in [5.74, 6) is -0.0509. The Labute approximate surface area is 114 Å². The van der Waals surface area contributed by atoms with Crippen molar-refractivity contribution < 1.29 is 17.9 Å². The first kappa shape index (κ1) is 16.2. The van der Waals surface area contributed by atoms with Crippen LogP contribution in [0.3, 0.4) is 0 Å². The zero-order valence-corrected chi connectivity index (χ0v) is 12.2. The van der Waals surface area contributed by atoms with Gasteiger partial charge in [-0.05, 0) is 12.8 Å². The molecule has 112 valence electrons. The summed E-state index contributed by atoms with van der Waals surface area (Å²) in [4.78, 5) is 11.3. The number of carbonyl (C=O) groups is 1. The van der Waals surface area contributed by atoms with Crippen molar-refractivity contribution in [2.75, 3.05) is 45.6 Å². The predicted molar refractivity (Wildman–Crippen MR) is 72.5 cm³/mol. The minimum absolute atomic E-state index is 0.0509. The average Bonchev–Trinajstić information content (AvgIpc) is 2.40. The van der Waals surface area contributed by atoms with Gasteiger partial charge in [0.15, 0.2) is 0 Å². The molecule has 0 saturated carbocycles. The second kappa shape index (κ2) is 8.34. The van der Waals surface area contributed by atoms with Crippen molar-refractivity contribution in [2.45, 2.75) is 19.3 Å². The Morgan fingerprint density at radius 1 is 1.16 bits per heavy atom. The maximum absolute atomic E-state index is 12.0. The van der Waals surface area contributed by atoms with E-state index in [1.807, 2.05) is 0 Å². The highest BCUT2D eigenvalue weighted by molar-refractivity contribution is 7.89. The molecule has 1 rings (SSSR count). The molecule has 0 spiro atoms. The Morgan fingerprint density at radius 3 is 2.42 bits per heavy atom. The molecule has 1 heterocycles. The lowest BCUT2D eigenvalue weighted by atomic mass is 10.2. The van der Waals surface area contributed by atoms with Gasteiger partial charge in [0.2, 0.25) is 10.0 Å². The van der Waals surface area contributed by atoms with Gasteiger partial charge < -0.3 is 15.4 Å². The summed E-state index contributed by atoms with van der Waals surface area (Å²) in [5, 5.41) is 5.09. The van der Waals surface area contributed by atoms with Gasteiger partial charge in [0.05, 0.1) is 12.4 Å². The monoisotopic (exact) mass is 293 g/mol. The largest absolute Gasteiger partial charge is 0.383 e. The Kier molecular flexibility index (Phi) is 7.11. The Balaban J connectivity index is 2.21. The fourth-order valence-electron chi connectivity index (χ4n) is 1.89. The second-order valence-electron chi connectivity index (χ2n) is 4.45. The zero-order valence-electron chi connectivity index (χ0n) is 11.4. The van der Waals surface area contributed by atoms with Crippen LogP contribution in [0.5, 0.6) is 0 Å². The van der Waals surface area contributed by atoms with E-state index in [4.69, 9.17) is 4.74 Å². The highest BCUT2D eigenvalue weighted by atomic mass is 32.2. The molecule has 2 amide bonds. The molecule has 2 N–H and O–H groups in total. The van der Waals surface area contributed by atoms with Crippen molar-refractivity contribution in [1.29, 1.82) is 0 Å². The number of nitrogens with zero attached hydrogens (tertiary/aromatic N) is 1. The first-order chi connectivity index (χ1) is 9.06. The van der Waals surface area contributed by atoms with E-state index in [2.05, 4.69) is 10.6 Å². The van der Waals surface area contributed by atoms with Crippen LogP contribution in [-0.2, 0) is 14.8 Å². The molecule has 0 radical (unpaired) electrons. The van der Waals surface area contributed by atoms with Gasteiger partial charge >= 0.3 is 6.03 Å². The number of ether oxygens (including phenoxy) is 1. The van der Waals surface area contributed by atoms with Gasteiger partial charge in [-0.25, -0.2) is 17.5 Å². The molecular weight excluding hydrogens is 270 g/mol. The average molecular weight is 293 g/mol. The minimum atomic E-state index is -3.24. The Hall–Kier alpha value is -0.860. The highest BCUT2D eigenvalue weighted by Gasteiger charge is 2.23. The predicted octanol–water partition coefficient (Wildman–Crippen LogP) is -0.252. The molecule has 19 heavy (non-hydrogen) atoms. The molecule has 8 heteroatoms. The molecule has 1 fully saturated rings. The van der Waals surface area contributed by atoms with Crippen LogP contribution in [0.4, 0.5) is 4.79 Å². The number of hydrogen-bond acceptors (Lipinski definition) is 4. The van der Waals surface area contributed by atoms with Crippen molar-refractivity contribution in [1.82, 2.24) is 14.9 Å². The van der Waals surface area contributed by atoms with Crippen LogP contribution >= 0.6 is 0 Å². The first-order valence-electron chi connectivity index (χ1n) is 6.55. The maximum atomic E-state index is 12.0. The fraction of sp³-hybridized carbons (Fsp3) is 0.909. The quantitative estimate of drug-likeness (QED) is 0.634. The van der Waals surface area contributed by atoms with Crippen LogP contribution in [0, 0.1) is 0 Å². The third-order valence-corrected chi connectivity index (χ3v) is 4.82. The maximum Gasteiger partial charge on any atom is 0.314 e. The van der Waals surface area contributed by atoms with E-state index in [1.165, 1.54) is 4.31 Å². The molecule has 0 bridgehead atoms. The van der Waals surface area contributed by atoms with Crippen LogP contribution in [0.1, 0.15) is 19.3 Å². The molecule has 0 aromatic rings. The topological polar surface area (TPSA) is 87.7 Å². The van der Waals surface area contributed by atoms with E-state index in [9.17, 15) is 13.2 Å². The van der Waals surface area contributed by atoms with Crippen molar-refractivity contribution >= 4 is 16.1 Å². The fourth-order valence-corrected chi connectivity index (χ4v) is 3.33. The van der Waals surface area contributed by atoms with Gasteiger partial charge in [0.25, 0.3) is 0 Å². The van der Waals surface area contributed by atoms with E-state index in [-0.39, 0.29) is 18.3 Å². The lowest BCUT2D eigenvalue weighted by Crippen LogP contribution is -2.43. The van der Waals surface area contributed by atoms with Gasteiger partial charge in [-0.15, -0.1) is 0 Å². The number of sulfonamides is 1. The third-order valence-electron chi connectivity index (χ3n) is 2.95. The van der Waals surface area contributed by atoms with Gasteiger partial charge in [-0.3, -0.25) is 0 Å². The lowest BCUT2D eigenvalue weighted by molar-refractivity contribution is 0.196. The molecule has 1 aliphatic heterocycles. The number of piperidine rings is 1. The van der Waals surface area contributed by atoms with E-state index >= 15 is 0 Å². The van der Waals surface area contributed by atoms with Crippen molar-refractivity contribution in [3.63, 3.8) is 0 Å². The zero-order chi connectivity index (χ0) is 14.1. The van der Waals surface area contributed by atoms with Gasteiger partial charge in [0, 0.05) is 33.3 Å². The number of carbonyl (C=O) groups excluding carboxylic acids is 1. The van der Waals surface area contributed by atoms with E-state index in [0.717, 1.165) is 19.3 Å². The number of hydrogen-bond donors (Lipinski definition) is 2. The number of methoxy groups -OCH3 is 1. The molecule has 0 atom stereocenters. The van der Waals surface area contributed by atoms with E-state index in [1.54, 1.807) is 7.11 Å². The van der Waals surface area contributed by atoms with E-state index in [0.29, 0.717) is 26.2 Å². The summed E-state index contributed by atoms with van der Waals surface area (Å²) in [6, 6.07) is -0.370. The molecule has 7 nitrogen and oxygen atoms in total. The van der Waals surface area contributed by atoms with E-state index < -0.39 is 10.0 Å². The Morgan fingerprint density at radius 2 is 1.79 bits per heavy atom. The van der Waals surface area contributed by atoms with Crippen LogP contribution in [-0.4, -0.2) is 64.4 Å². The van der Waals surface area contributed by atoms with Crippen LogP contribution in [0.15, 0.2) is 0 Å². The normalized spacial score (nSPS) is 17.1. The number of urea groups is 1. The molecule has 1 aliphatic rings. The van der Waals surface area contributed by atoms with Gasteiger partial charge in [0.1, 0.15) is 0 Å². The Bertz CT molecular complexity index is 366. The molecule has 0 aromatic heterocycles. The summed E-state index contributed by atoms with van der Waals surface area (Å²) in [6.07, 6.45) is 2.93. The van der Waals surface area contributed by atoms with Crippen molar-refractivity contribution in [2.24, 2.45) is 0 Å². The molecule has 0 aliphatic carbocycles. The van der Waals surface area contributed by atoms with Gasteiger partial charge in [-0.1, -0.05) is 6.42 Å². The second-order valence-corrected chi connectivity index (χ2v) is 6.54. The van der Waals surface area contributed by atoms with Crippen LogP contribution in [0.2, 0.25) is 0 Å². The SMILES string of the molecule is COCCNC(=O)NCCS(=O)(=O)N1CCCCC1.